The molecule has 96 valence electrons. The lowest BCUT2D eigenvalue weighted by atomic mass is 9.81. The Morgan fingerprint density at radius 2 is 2.25 bits per heavy atom. The topological polar surface area (TPSA) is 64.7 Å². The monoisotopic (exact) mass is 231 g/mol. The maximum atomic E-state index is 8.77. The van der Waals surface area contributed by atoms with Gasteiger partial charge in [0.05, 0.1) is 17.8 Å². The molecule has 16 heavy (non-hydrogen) atoms. The third-order valence-electron chi connectivity index (χ3n) is 3.53. The molecule has 1 heterocycles. The maximum Gasteiger partial charge on any atom is 0.0853 e. The molecule has 1 aliphatic rings. The second kappa shape index (κ2) is 5.96. The van der Waals surface area contributed by atoms with E-state index in [0.29, 0.717) is 26.2 Å². The van der Waals surface area contributed by atoms with Crippen molar-refractivity contribution in [1.82, 2.24) is 0 Å². The van der Waals surface area contributed by atoms with Gasteiger partial charge in [0.1, 0.15) is 0 Å². The number of aliphatic hydroxyl groups is 1. The van der Waals surface area contributed by atoms with Gasteiger partial charge in [-0.2, -0.15) is 0 Å². The van der Waals surface area contributed by atoms with Gasteiger partial charge in [0.25, 0.3) is 0 Å². The molecule has 0 aromatic carbocycles. The Morgan fingerprint density at radius 1 is 1.50 bits per heavy atom. The van der Waals surface area contributed by atoms with Crippen molar-refractivity contribution < 1.29 is 14.6 Å². The van der Waals surface area contributed by atoms with Gasteiger partial charge in [0.15, 0.2) is 0 Å². The van der Waals surface area contributed by atoms with E-state index in [1.807, 2.05) is 0 Å². The van der Waals surface area contributed by atoms with E-state index in [1.165, 1.54) is 0 Å². The molecule has 0 amide bonds. The largest absolute Gasteiger partial charge is 0.396 e. The molecule has 0 bridgehead atoms. The summed E-state index contributed by atoms with van der Waals surface area (Å²) >= 11 is 0. The molecule has 0 spiro atoms. The van der Waals surface area contributed by atoms with Crippen LogP contribution in [-0.4, -0.2) is 42.7 Å². The molecular weight excluding hydrogens is 206 g/mol. The van der Waals surface area contributed by atoms with Gasteiger partial charge in [-0.3, -0.25) is 0 Å². The number of rotatable bonds is 6. The van der Waals surface area contributed by atoms with Gasteiger partial charge in [-0.05, 0) is 19.8 Å². The Kier molecular flexibility index (Phi) is 5.18. The molecule has 0 radical (unpaired) electrons. The lowest BCUT2D eigenvalue weighted by Crippen LogP contribution is -2.53. The van der Waals surface area contributed by atoms with Gasteiger partial charge in [0, 0.05) is 32.6 Å². The first-order valence-electron chi connectivity index (χ1n) is 6.18. The minimum Gasteiger partial charge on any atom is -0.396 e. The van der Waals surface area contributed by atoms with Crippen molar-refractivity contribution >= 4 is 0 Å². The molecule has 2 unspecified atom stereocenters. The predicted molar refractivity (Wildman–Crippen MR) is 63.3 cm³/mol. The van der Waals surface area contributed by atoms with Crippen molar-refractivity contribution in [2.75, 3.05) is 26.4 Å². The highest BCUT2D eigenvalue weighted by Crippen LogP contribution is 2.36. The second-order valence-corrected chi connectivity index (χ2v) is 4.89. The van der Waals surface area contributed by atoms with Crippen LogP contribution in [0.3, 0.4) is 0 Å². The Bertz CT molecular complexity index is 212. The summed E-state index contributed by atoms with van der Waals surface area (Å²) in [6.45, 7) is 6.22. The first-order chi connectivity index (χ1) is 7.60. The zero-order valence-electron chi connectivity index (χ0n) is 10.5. The molecule has 1 saturated heterocycles. The number of nitrogens with two attached hydrogens (primary N) is 1. The maximum absolute atomic E-state index is 8.77. The Labute approximate surface area is 98.1 Å². The molecular formula is C12H25NO3. The van der Waals surface area contributed by atoms with Crippen LogP contribution < -0.4 is 5.73 Å². The van der Waals surface area contributed by atoms with Crippen LogP contribution in [-0.2, 0) is 9.47 Å². The fraction of sp³-hybridized carbons (Fsp3) is 1.00. The van der Waals surface area contributed by atoms with E-state index in [9.17, 15) is 0 Å². The number of hydrogen-bond donors (Lipinski definition) is 2. The minimum atomic E-state index is -0.252. The van der Waals surface area contributed by atoms with E-state index in [2.05, 4.69) is 13.8 Å². The summed E-state index contributed by atoms with van der Waals surface area (Å²) in [6, 6.07) is 0. The van der Waals surface area contributed by atoms with E-state index < -0.39 is 0 Å². The third-order valence-corrected chi connectivity index (χ3v) is 3.53. The van der Waals surface area contributed by atoms with E-state index in [4.69, 9.17) is 20.3 Å². The van der Waals surface area contributed by atoms with Crippen LogP contribution in [0.15, 0.2) is 0 Å². The summed E-state index contributed by atoms with van der Waals surface area (Å²) in [6.07, 6.45) is 3.34. The number of aliphatic hydroxyl groups excluding tert-OH is 1. The first kappa shape index (κ1) is 13.9. The molecule has 1 aliphatic heterocycles. The van der Waals surface area contributed by atoms with Crippen molar-refractivity contribution in [3.63, 3.8) is 0 Å². The fourth-order valence-electron chi connectivity index (χ4n) is 2.24. The molecule has 1 rings (SSSR count). The van der Waals surface area contributed by atoms with Crippen molar-refractivity contribution in [2.24, 2.45) is 5.73 Å². The average Bonchev–Trinajstić information content (AvgIpc) is 2.30. The SMILES string of the molecule is CCC1(C)CC(CN)(OCCCO)CCO1. The molecule has 0 aliphatic carbocycles. The van der Waals surface area contributed by atoms with Crippen molar-refractivity contribution in [2.45, 2.75) is 50.7 Å². The van der Waals surface area contributed by atoms with Crippen molar-refractivity contribution in [3.8, 4) is 0 Å². The summed E-state index contributed by atoms with van der Waals surface area (Å²) in [5, 5.41) is 8.77. The van der Waals surface area contributed by atoms with Gasteiger partial charge < -0.3 is 20.3 Å². The molecule has 2 atom stereocenters. The highest BCUT2D eigenvalue weighted by molar-refractivity contribution is 4.94. The Hall–Kier alpha value is -0.160. The lowest BCUT2D eigenvalue weighted by molar-refractivity contribution is -0.173. The molecule has 4 heteroatoms. The number of hydrogen-bond acceptors (Lipinski definition) is 4. The van der Waals surface area contributed by atoms with E-state index in [1.54, 1.807) is 0 Å². The molecule has 0 aromatic rings. The summed E-state index contributed by atoms with van der Waals surface area (Å²) in [7, 11) is 0. The highest BCUT2D eigenvalue weighted by atomic mass is 16.5. The lowest BCUT2D eigenvalue weighted by Gasteiger charge is -2.45. The summed E-state index contributed by atoms with van der Waals surface area (Å²) in [5.41, 5.74) is 5.49. The van der Waals surface area contributed by atoms with Crippen LogP contribution in [0.1, 0.15) is 39.5 Å². The van der Waals surface area contributed by atoms with Crippen LogP contribution in [0.25, 0.3) is 0 Å². The van der Waals surface area contributed by atoms with E-state index >= 15 is 0 Å². The number of ether oxygens (including phenoxy) is 2. The fourth-order valence-corrected chi connectivity index (χ4v) is 2.24. The Balaban J connectivity index is 2.56. The zero-order chi connectivity index (χ0) is 12.1. The van der Waals surface area contributed by atoms with Gasteiger partial charge >= 0.3 is 0 Å². The van der Waals surface area contributed by atoms with Crippen LogP contribution in [0.2, 0.25) is 0 Å². The van der Waals surface area contributed by atoms with E-state index in [-0.39, 0.29) is 17.8 Å². The highest BCUT2D eigenvalue weighted by Gasteiger charge is 2.42. The first-order valence-corrected chi connectivity index (χ1v) is 6.18. The van der Waals surface area contributed by atoms with Crippen LogP contribution >= 0.6 is 0 Å². The quantitative estimate of drug-likeness (QED) is 0.671. The average molecular weight is 231 g/mol. The third kappa shape index (κ3) is 3.42. The molecule has 0 aromatic heterocycles. The van der Waals surface area contributed by atoms with Crippen LogP contribution in [0.5, 0.6) is 0 Å². The normalized spacial score (nSPS) is 35.2. The zero-order valence-corrected chi connectivity index (χ0v) is 10.5. The van der Waals surface area contributed by atoms with Gasteiger partial charge in [-0.1, -0.05) is 6.92 Å². The van der Waals surface area contributed by atoms with Crippen molar-refractivity contribution in [1.29, 1.82) is 0 Å². The molecule has 4 nitrogen and oxygen atoms in total. The minimum absolute atomic E-state index is 0.114. The van der Waals surface area contributed by atoms with Crippen LogP contribution in [0.4, 0.5) is 0 Å². The smallest absolute Gasteiger partial charge is 0.0853 e. The van der Waals surface area contributed by atoms with Crippen molar-refractivity contribution in [3.05, 3.63) is 0 Å². The molecule has 0 saturated carbocycles. The predicted octanol–water partition coefficient (Wildman–Crippen LogP) is 1.06. The van der Waals surface area contributed by atoms with E-state index in [0.717, 1.165) is 19.3 Å². The Morgan fingerprint density at radius 3 is 2.81 bits per heavy atom. The van der Waals surface area contributed by atoms with Crippen LogP contribution in [0, 0.1) is 0 Å². The molecule has 1 fully saturated rings. The standard InChI is InChI=1S/C12H25NO3/c1-3-11(2)9-12(10-13,5-8-15-11)16-7-4-6-14/h14H,3-10,13H2,1-2H3. The molecule has 3 N–H and O–H groups in total. The summed E-state index contributed by atoms with van der Waals surface area (Å²) in [4.78, 5) is 0. The summed E-state index contributed by atoms with van der Waals surface area (Å²) < 4.78 is 11.7. The van der Waals surface area contributed by atoms with Gasteiger partial charge in [-0.25, -0.2) is 0 Å². The van der Waals surface area contributed by atoms with Gasteiger partial charge in [-0.15, -0.1) is 0 Å². The summed E-state index contributed by atoms with van der Waals surface area (Å²) in [5.74, 6) is 0. The van der Waals surface area contributed by atoms with Gasteiger partial charge in [0.2, 0.25) is 0 Å². The second-order valence-electron chi connectivity index (χ2n) is 4.89.